The second-order valence-electron chi connectivity index (χ2n) is 5.60. The Morgan fingerprint density at radius 3 is 2.90 bits per heavy atom. The molecular formula is C13H20N6O2. The van der Waals surface area contributed by atoms with Gasteiger partial charge in [-0.3, -0.25) is 9.59 Å². The molecule has 0 aromatic carbocycles. The van der Waals surface area contributed by atoms with Gasteiger partial charge in [0, 0.05) is 33.2 Å². The molecule has 3 rings (SSSR count). The van der Waals surface area contributed by atoms with Crippen LogP contribution in [0.5, 0.6) is 0 Å². The van der Waals surface area contributed by atoms with Crippen molar-refractivity contribution in [1.29, 1.82) is 0 Å². The van der Waals surface area contributed by atoms with E-state index in [2.05, 4.69) is 20.9 Å². The molecule has 0 aliphatic carbocycles. The molecule has 8 nitrogen and oxygen atoms in total. The number of hydrogen-bond acceptors (Lipinski definition) is 5. The van der Waals surface area contributed by atoms with E-state index in [1.807, 2.05) is 0 Å². The van der Waals surface area contributed by atoms with Gasteiger partial charge in [0.15, 0.2) is 5.69 Å². The summed E-state index contributed by atoms with van der Waals surface area (Å²) in [4.78, 5) is 25.9. The van der Waals surface area contributed by atoms with Gasteiger partial charge in [-0.05, 0) is 12.8 Å². The van der Waals surface area contributed by atoms with Crippen LogP contribution in [-0.2, 0) is 4.79 Å². The van der Waals surface area contributed by atoms with Gasteiger partial charge in [0.25, 0.3) is 5.91 Å². The normalized spacial score (nSPS) is 22.7. The second-order valence-corrected chi connectivity index (χ2v) is 5.60. The zero-order chi connectivity index (χ0) is 14.8. The molecule has 1 unspecified atom stereocenters. The van der Waals surface area contributed by atoms with Crippen LogP contribution in [0.15, 0.2) is 6.20 Å². The van der Waals surface area contributed by atoms with Crippen LogP contribution in [-0.4, -0.2) is 64.9 Å². The summed E-state index contributed by atoms with van der Waals surface area (Å²) in [6.45, 7) is 2.85. The summed E-state index contributed by atoms with van der Waals surface area (Å²) in [6, 6.07) is 0.291. The minimum absolute atomic E-state index is 0.00306. The van der Waals surface area contributed by atoms with Crippen molar-refractivity contribution in [3.63, 3.8) is 0 Å². The number of carbonyl (C=O) groups excluding carboxylic acids is 2. The summed E-state index contributed by atoms with van der Waals surface area (Å²) in [5.41, 5.74) is 0.361. The first-order chi connectivity index (χ1) is 10.2. The number of carbonyl (C=O) groups is 2. The average Bonchev–Trinajstić information content (AvgIpc) is 2.93. The first kappa shape index (κ1) is 14.0. The highest BCUT2D eigenvalue weighted by Crippen LogP contribution is 2.19. The van der Waals surface area contributed by atoms with Crippen molar-refractivity contribution < 1.29 is 9.59 Å². The molecule has 114 valence electrons. The molecule has 2 aliphatic rings. The van der Waals surface area contributed by atoms with Crippen LogP contribution in [0.1, 0.15) is 29.4 Å². The zero-order valence-electron chi connectivity index (χ0n) is 12.1. The van der Waals surface area contributed by atoms with Gasteiger partial charge in [-0.2, -0.15) is 0 Å². The maximum atomic E-state index is 12.5. The third kappa shape index (κ3) is 2.76. The highest BCUT2D eigenvalue weighted by molar-refractivity contribution is 5.92. The Balaban J connectivity index is 1.66. The Hall–Kier alpha value is -1.96. The van der Waals surface area contributed by atoms with Crippen molar-refractivity contribution >= 4 is 11.8 Å². The molecule has 2 fully saturated rings. The van der Waals surface area contributed by atoms with Gasteiger partial charge in [0.1, 0.15) is 0 Å². The molecule has 2 saturated heterocycles. The molecule has 1 aromatic rings. The smallest absolute Gasteiger partial charge is 0.276 e. The minimum Gasteiger partial charge on any atom is -0.359 e. The largest absolute Gasteiger partial charge is 0.359 e. The van der Waals surface area contributed by atoms with Gasteiger partial charge in [-0.25, -0.2) is 4.68 Å². The summed E-state index contributed by atoms with van der Waals surface area (Å²) in [6.07, 6.45) is 3.37. The van der Waals surface area contributed by atoms with Crippen molar-refractivity contribution in [2.75, 3.05) is 33.2 Å². The molecule has 0 spiro atoms. The van der Waals surface area contributed by atoms with Crippen molar-refractivity contribution in [2.45, 2.75) is 18.9 Å². The van der Waals surface area contributed by atoms with Crippen molar-refractivity contribution in [1.82, 2.24) is 30.5 Å². The standard InChI is InChI=1S/C13H20N6O2/c1-14-12(20)9-3-2-4-18(7-9)13(21)11-8-19(17-16-11)10-5-15-6-10/h8-10,15H,2-7H2,1H3,(H,14,20). The highest BCUT2D eigenvalue weighted by Gasteiger charge is 2.30. The Kier molecular flexibility index (Phi) is 3.87. The molecule has 8 heteroatoms. The Bertz CT molecular complexity index is 539. The van der Waals surface area contributed by atoms with Gasteiger partial charge in [-0.1, -0.05) is 5.21 Å². The Morgan fingerprint density at radius 2 is 2.24 bits per heavy atom. The fourth-order valence-electron chi connectivity index (χ4n) is 2.76. The van der Waals surface area contributed by atoms with Crippen molar-refractivity contribution in [3.05, 3.63) is 11.9 Å². The second kappa shape index (κ2) is 5.80. The van der Waals surface area contributed by atoms with Crippen LogP contribution in [0.2, 0.25) is 0 Å². The van der Waals surface area contributed by atoms with Gasteiger partial charge < -0.3 is 15.5 Å². The topological polar surface area (TPSA) is 92.2 Å². The molecule has 1 atom stereocenters. The van der Waals surface area contributed by atoms with E-state index in [0.29, 0.717) is 24.8 Å². The number of nitrogens with zero attached hydrogens (tertiary/aromatic N) is 4. The van der Waals surface area contributed by atoms with E-state index < -0.39 is 0 Å². The van der Waals surface area contributed by atoms with Crippen LogP contribution < -0.4 is 10.6 Å². The van der Waals surface area contributed by atoms with Crippen LogP contribution >= 0.6 is 0 Å². The fraction of sp³-hybridized carbons (Fsp3) is 0.692. The lowest BCUT2D eigenvalue weighted by molar-refractivity contribution is -0.125. The highest BCUT2D eigenvalue weighted by atomic mass is 16.2. The molecule has 0 radical (unpaired) electrons. The maximum absolute atomic E-state index is 12.5. The van der Waals surface area contributed by atoms with E-state index in [1.54, 1.807) is 22.8 Å². The predicted octanol–water partition coefficient (Wildman–Crippen LogP) is -0.979. The third-order valence-corrected chi connectivity index (χ3v) is 4.19. The van der Waals surface area contributed by atoms with Gasteiger partial charge in [0.05, 0.1) is 18.2 Å². The van der Waals surface area contributed by atoms with Gasteiger partial charge in [-0.15, -0.1) is 5.10 Å². The lowest BCUT2D eigenvalue weighted by atomic mass is 9.97. The minimum atomic E-state index is -0.137. The number of amides is 2. The molecule has 2 amide bonds. The SMILES string of the molecule is CNC(=O)C1CCCN(C(=O)c2cn(C3CNC3)nn2)C1. The first-order valence-corrected chi connectivity index (χ1v) is 7.32. The molecule has 0 saturated carbocycles. The molecule has 0 bridgehead atoms. The Morgan fingerprint density at radius 1 is 1.43 bits per heavy atom. The number of piperidine rings is 1. The quantitative estimate of drug-likeness (QED) is 0.747. The van der Waals surface area contributed by atoms with Gasteiger partial charge in [0.2, 0.25) is 5.91 Å². The summed E-state index contributed by atoms with van der Waals surface area (Å²) >= 11 is 0. The van der Waals surface area contributed by atoms with E-state index in [0.717, 1.165) is 25.9 Å². The fourth-order valence-corrected chi connectivity index (χ4v) is 2.76. The van der Waals surface area contributed by atoms with E-state index in [1.165, 1.54) is 0 Å². The van der Waals surface area contributed by atoms with Crippen LogP contribution in [0, 0.1) is 5.92 Å². The molecule has 2 N–H and O–H groups in total. The third-order valence-electron chi connectivity index (χ3n) is 4.19. The molecule has 3 heterocycles. The van der Waals surface area contributed by atoms with E-state index in [9.17, 15) is 9.59 Å². The molecular weight excluding hydrogens is 272 g/mol. The number of hydrogen-bond donors (Lipinski definition) is 2. The molecule has 2 aliphatic heterocycles. The van der Waals surface area contributed by atoms with Gasteiger partial charge >= 0.3 is 0 Å². The Labute approximate surface area is 122 Å². The summed E-state index contributed by atoms with van der Waals surface area (Å²) < 4.78 is 1.74. The number of aromatic nitrogens is 3. The van der Waals surface area contributed by atoms with E-state index >= 15 is 0 Å². The zero-order valence-corrected chi connectivity index (χ0v) is 12.1. The van der Waals surface area contributed by atoms with E-state index in [-0.39, 0.29) is 17.7 Å². The monoisotopic (exact) mass is 292 g/mol. The summed E-state index contributed by atoms with van der Waals surface area (Å²) in [7, 11) is 1.63. The van der Waals surface area contributed by atoms with Crippen molar-refractivity contribution in [3.8, 4) is 0 Å². The van der Waals surface area contributed by atoms with Crippen LogP contribution in [0.25, 0.3) is 0 Å². The summed E-state index contributed by atoms with van der Waals surface area (Å²) in [5.74, 6) is -0.266. The van der Waals surface area contributed by atoms with Crippen molar-refractivity contribution in [2.24, 2.45) is 5.92 Å². The lowest BCUT2D eigenvalue weighted by Gasteiger charge is -2.31. The average molecular weight is 292 g/mol. The first-order valence-electron chi connectivity index (χ1n) is 7.32. The number of rotatable bonds is 3. The van der Waals surface area contributed by atoms with Crippen LogP contribution in [0.3, 0.4) is 0 Å². The number of likely N-dealkylation sites (tertiary alicyclic amines) is 1. The van der Waals surface area contributed by atoms with Crippen LogP contribution in [0.4, 0.5) is 0 Å². The lowest BCUT2D eigenvalue weighted by Crippen LogP contribution is -2.45. The number of nitrogens with one attached hydrogen (secondary N) is 2. The van der Waals surface area contributed by atoms with E-state index in [4.69, 9.17) is 0 Å². The summed E-state index contributed by atoms with van der Waals surface area (Å²) in [5, 5.41) is 13.8. The predicted molar refractivity (Wildman–Crippen MR) is 74.6 cm³/mol. The molecule has 21 heavy (non-hydrogen) atoms. The maximum Gasteiger partial charge on any atom is 0.276 e. The molecule has 1 aromatic heterocycles.